The van der Waals surface area contributed by atoms with Crippen LogP contribution < -0.4 is 56.1 Å². The van der Waals surface area contributed by atoms with Crippen molar-refractivity contribution in [2.75, 3.05) is 19.6 Å². The Labute approximate surface area is 245 Å². The number of rotatable bonds is 21. The summed E-state index contributed by atoms with van der Waals surface area (Å²) in [5.74, 6) is -3.50. The third-order valence-corrected chi connectivity index (χ3v) is 5.78. The molecule has 0 fully saturated rings. The zero-order valence-electron chi connectivity index (χ0n) is 24.4. The Balaban J connectivity index is 5.78. The van der Waals surface area contributed by atoms with E-state index in [0.29, 0.717) is 12.8 Å². The third kappa shape index (κ3) is 18.1. The maximum absolute atomic E-state index is 13.3. The van der Waals surface area contributed by atoms with Gasteiger partial charge in [0, 0.05) is 19.6 Å². The number of nitrogens with one attached hydrogen (secondary N) is 3. The van der Waals surface area contributed by atoms with Crippen molar-refractivity contribution in [1.82, 2.24) is 16.0 Å². The Morgan fingerprint density at radius 1 is 0.619 bits per heavy atom. The van der Waals surface area contributed by atoms with Gasteiger partial charge in [0.05, 0.1) is 6.04 Å². The van der Waals surface area contributed by atoms with Crippen LogP contribution in [-0.2, 0) is 19.2 Å². The van der Waals surface area contributed by atoms with Crippen LogP contribution in [-0.4, -0.2) is 90.5 Å². The number of guanidine groups is 3. The van der Waals surface area contributed by atoms with Gasteiger partial charge < -0.3 is 61.2 Å². The first-order valence-electron chi connectivity index (χ1n) is 13.7. The van der Waals surface area contributed by atoms with Crippen LogP contribution in [0.1, 0.15) is 58.8 Å². The molecule has 3 amide bonds. The van der Waals surface area contributed by atoms with Gasteiger partial charge in [-0.3, -0.25) is 29.4 Å². The number of nitrogens with zero attached hydrogens (tertiary/aromatic N) is 3. The Kier molecular flexibility index (Phi) is 18.4. The average molecular weight is 600 g/mol. The van der Waals surface area contributed by atoms with E-state index in [1.54, 1.807) is 0 Å². The van der Waals surface area contributed by atoms with Gasteiger partial charge in [-0.1, -0.05) is 13.8 Å². The largest absolute Gasteiger partial charge is 0.480 e. The number of nitrogens with two attached hydrogens (primary N) is 7. The number of carboxylic acids is 1. The quantitative estimate of drug-likeness (QED) is 0.0342. The van der Waals surface area contributed by atoms with E-state index in [-0.39, 0.29) is 75.5 Å². The van der Waals surface area contributed by atoms with Crippen LogP contribution in [0.15, 0.2) is 15.0 Å². The molecule has 0 saturated heterocycles. The maximum Gasteiger partial charge on any atom is 0.326 e. The smallest absolute Gasteiger partial charge is 0.326 e. The summed E-state index contributed by atoms with van der Waals surface area (Å²) in [6.07, 6.45) is 1.50. The number of aliphatic carboxylic acids is 1. The summed E-state index contributed by atoms with van der Waals surface area (Å²) in [5.41, 5.74) is 38.0. The topological polar surface area (TPSA) is 344 Å². The fourth-order valence-electron chi connectivity index (χ4n) is 3.74. The first-order chi connectivity index (χ1) is 19.6. The van der Waals surface area contributed by atoms with E-state index in [0.717, 1.165) is 0 Å². The van der Waals surface area contributed by atoms with E-state index in [4.69, 9.17) is 40.1 Å². The standard InChI is InChI=1S/C24H49N13O5/c1-13(2)12-14(25)18(38)35-15(6-3-9-32-22(26)27)19(39)36-16(7-4-10-33-23(28)29)20(40)37-17(21(41)42)8-5-11-34-24(30)31/h13-17H,3-12,25H2,1-2H3,(H,35,38)(H,36,39)(H,37,40)(H,41,42)(H4,26,27,32)(H4,28,29,33)(H4,30,31,34). The lowest BCUT2D eigenvalue weighted by Gasteiger charge is -2.25. The van der Waals surface area contributed by atoms with Crippen molar-refractivity contribution in [2.24, 2.45) is 61.0 Å². The van der Waals surface area contributed by atoms with Crippen molar-refractivity contribution in [3.05, 3.63) is 0 Å². The zero-order chi connectivity index (χ0) is 32.2. The highest BCUT2D eigenvalue weighted by atomic mass is 16.4. The predicted octanol–water partition coefficient (Wildman–Crippen LogP) is -3.94. The number of carbonyl (C=O) groups excluding carboxylic acids is 3. The summed E-state index contributed by atoms with van der Waals surface area (Å²) >= 11 is 0. The molecule has 0 radical (unpaired) electrons. The maximum atomic E-state index is 13.3. The number of hydrogen-bond acceptors (Lipinski definition) is 8. The average Bonchev–Trinajstić information content (AvgIpc) is 2.87. The monoisotopic (exact) mass is 599 g/mol. The molecule has 0 aliphatic rings. The van der Waals surface area contributed by atoms with Crippen molar-refractivity contribution in [2.45, 2.75) is 83.0 Å². The Morgan fingerprint density at radius 2 is 0.952 bits per heavy atom. The highest BCUT2D eigenvalue weighted by Gasteiger charge is 2.30. The fraction of sp³-hybridized carbons (Fsp3) is 0.708. The van der Waals surface area contributed by atoms with Crippen molar-refractivity contribution < 1.29 is 24.3 Å². The summed E-state index contributed by atoms with van der Waals surface area (Å²) in [5, 5.41) is 17.3. The summed E-state index contributed by atoms with van der Waals surface area (Å²) in [6.45, 7) is 4.34. The minimum absolute atomic E-state index is 0.0315. The van der Waals surface area contributed by atoms with Crippen LogP contribution in [0.2, 0.25) is 0 Å². The molecule has 0 aromatic rings. The van der Waals surface area contributed by atoms with Gasteiger partial charge in [-0.15, -0.1) is 0 Å². The van der Waals surface area contributed by atoms with Crippen molar-refractivity contribution in [3.63, 3.8) is 0 Å². The normalized spacial score (nSPS) is 13.5. The molecule has 0 heterocycles. The lowest BCUT2D eigenvalue weighted by molar-refractivity contribution is -0.142. The highest BCUT2D eigenvalue weighted by Crippen LogP contribution is 2.08. The minimum Gasteiger partial charge on any atom is -0.480 e. The van der Waals surface area contributed by atoms with Crippen molar-refractivity contribution >= 4 is 41.6 Å². The molecule has 4 atom stereocenters. The molecule has 18 nitrogen and oxygen atoms in total. The third-order valence-electron chi connectivity index (χ3n) is 5.78. The van der Waals surface area contributed by atoms with Gasteiger partial charge in [0.1, 0.15) is 18.1 Å². The summed E-state index contributed by atoms with van der Waals surface area (Å²) in [6, 6.07) is -4.37. The van der Waals surface area contributed by atoms with Gasteiger partial charge in [-0.25, -0.2) is 4.79 Å². The second kappa shape index (κ2) is 20.5. The molecule has 240 valence electrons. The van der Waals surface area contributed by atoms with Crippen LogP contribution in [0, 0.1) is 5.92 Å². The van der Waals surface area contributed by atoms with E-state index >= 15 is 0 Å². The van der Waals surface area contributed by atoms with Crippen LogP contribution in [0.25, 0.3) is 0 Å². The Bertz CT molecular complexity index is 958. The second-order valence-corrected chi connectivity index (χ2v) is 10.1. The van der Waals surface area contributed by atoms with Gasteiger partial charge in [0.2, 0.25) is 17.7 Å². The molecule has 0 saturated carbocycles. The highest BCUT2D eigenvalue weighted by molar-refractivity contribution is 5.94. The molecule has 0 aromatic heterocycles. The van der Waals surface area contributed by atoms with Gasteiger partial charge in [-0.05, 0) is 50.9 Å². The van der Waals surface area contributed by atoms with E-state index in [1.807, 2.05) is 13.8 Å². The van der Waals surface area contributed by atoms with Crippen LogP contribution in [0.3, 0.4) is 0 Å². The lowest BCUT2D eigenvalue weighted by atomic mass is 10.0. The summed E-state index contributed by atoms with van der Waals surface area (Å²) in [4.78, 5) is 62.6. The van der Waals surface area contributed by atoms with E-state index in [2.05, 4.69) is 30.9 Å². The van der Waals surface area contributed by atoms with E-state index < -0.39 is 47.9 Å². The van der Waals surface area contributed by atoms with Crippen molar-refractivity contribution in [1.29, 1.82) is 0 Å². The van der Waals surface area contributed by atoms with Gasteiger partial charge >= 0.3 is 5.97 Å². The molecule has 4 unspecified atom stereocenters. The number of carbonyl (C=O) groups is 4. The Morgan fingerprint density at radius 3 is 1.29 bits per heavy atom. The van der Waals surface area contributed by atoms with E-state index in [9.17, 15) is 24.3 Å². The second-order valence-electron chi connectivity index (χ2n) is 10.1. The molecule has 18 N–H and O–H groups in total. The predicted molar refractivity (Wildman–Crippen MR) is 161 cm³/mol. The molecule has 18 heteroatoms. The molecule has 0 aromatic carbocycles. The van der Waals surface area contributed by atoms with Gasteiger partial charge in [0.25, 0.3) is 0 Å². The lowest BCUT2D eigenvalue weighted by Crippen LogP contribution is -2.57. The van der Waals surface area contributed by atoms with Crippen LogP contribution >= 0.6 is 0 Å². The summed E-state index contributed by atoms with van der Waals surface area (Å²) in [7, 11) is 0. The fourth-order valence-corrected chi connectivity index (χ4v) is 3.74. The zero-order valence-corrected chi connectivity index (χ0v) is 24.4. The first kappa shape index (κ1) is 37.6. The SMILES string of the molecule is CC(C)CC(N)C(=O)NC(CCCN=C(N)N)C(=O)NC(CCCN=C(N)N)C(=O)NC(CCCN=C(N)N)C(=O)O. The molecule has 0 bridgehead atoms. The van der Waals surface area contributed by atoms with Crippen molar-refractivity contribution in [3.8, 4) is 0 Å². The van der Waals surface area contributed by atoms with E-state index in [1.165, 1.54) is 0 Å². The van der Waals surface area contributed by atoms with Gasteiger partial charge in [0.15, 0.2) is 17.9 Å². The first-order valence-corrected chi connectivity index (χ1v) is 13.7. The Hall–Kier alpha value is -4.35. The number of amides is 3. The van der Waals surface area contributed by atoms with Crippen LogP contribution in [0.5, 0.6) is 0 Å². The molecule has 0 rings (SSSR count). The molecule has 0 aliphatic heterocycles. The minimum atomic E-state index is -1.28. The number of aliphatic imine (C=N–C) groups is 3. The number of carboxylic acid groups (broad SMARTS) is 1. The molecular formula is C24H49N13O5. The number of hydrogen-bond donors (Lipinski definition) is 11. The molecule has 42 heavy (non-hydrogen) atoms. The molecule has 0 aliphatic carbocycles. The summed E-state index contributed by atoms with van der Waals surface area (Å²) < 4.78 is 0. The van der Waals surface area contributed by atoms with Crippen LogP contribution in [0.4, 0.5) is 0 Å². The van der Waals surface area contributed by atoms with Gasteiger partial charge in [-0.2, -0.15) is 0 Å². The molecule has 0 spiro atoms. The molecular weight excluding hydrogens is 550 g/mol.